The quantitative estimate of drug-likeness (QED) is 0.790. The second-order valence-electron chi connectivity index (χ2n) is 5.79. The van der Waals surface area contributed by atoms with Crippen molar-refractivity contribution in [3.8, 4) is 0 Å². The molecule has 0 aliphatic carbocycles. The molecule has 1 unspecified atom stereocenters. The summed E-state index contributed by atoms with van der Waals surface area (Å²) in [5, 5.41) is 3.82. The minimum absolute atomic E-state index is 0.374. The lowest BCUT2D eigenvalue weighted by Gasteiger charge is -2.38. The second kappa shape index (κ2) is 7.11. The molecule has 0 N–H and O–H groups in total. The Kier molecular flexibility index (Phi) is 5.14. The van der Waals surface area contributed by atoms with Gasteiger partial charge in [0, 0.05) is 43.3 Å². The molecule has 124 valence electrons. The van der Waals surface area contributed by atoms with E-state index >= 15 is 0 Å². The standard InChI is InChI=1S/C16H22ClN5S/c1-4-13-14(17)19-12(3)20-15(13)22-8-6-21(7-9-22)11(2)16-18-5-10-23-16/h5,10-11H,4,6-9H2,1-3H3. The Morgan fingerprint density at radius 3 is 2.61 bits per heavy atom. The van der Waals surface area contributed by atoms with Crippen LogP contribution >= 0.6 is 22.9 Å². The van der Waals surface area contributed by atoms with E-state index in [-0.39, 0.29) is 0 Å². The van der Waals surface area contributed by atoms with Crippen molar-refractivity contribution in [1.29, 1.82) is 0 Å². The summed E-state index contributed by atoms with van der Waals surface area (Å²) in [4.78, 5) is 18.2. The van der Waals surface area contributed by atoms with Crippen LogP contribution in [0.1, 0.15) is 36.3 Å². The van der Waals surface area contributed by atoms with E-state index < -0.39 is 0 Å². The number of thiazole rings is 1. The van der Waals surface area contributed by atoms with E-state index in [2.05, 4.69) is 38.6 Å². The van der Waals surface area contributed by atoms with Crippen molar-refractivity contribution >= 4 is 28.8 Å². The lowest BCUT2D eigenvalue weighted by molar-refractivity contribution is 0.198. The van der Waals surface area contributed by atoms with E-state index in [1.807, 2.05) is 18.5 Å². The van der Waals surface area contributed by atoms with E-state index in [0.29, 0.717) is 11.2 Å². The average Bonchev–Trinajstić information content (AvgIpc) is 3.08. The molecule has 5 nitrogen and oxygen atoms in total. The van der Waals surface area contributed by atoms with Crippen LogP contribution in [0.4, 0.5) is 5.82 Å². The number of nitrogens with zero attached hydrogens (tertiary/aromatic N) is 5. The highest BCUT2D eigenvalue weighted by molar-refractivity contribution is 7.09. The van der Waals surface area contributed by atoms with Crippen LogP contribution in [0.15, 0.2) is 11.6 Å². The van der Waals surface area contributed by atoms with Crippen molar-refractivity contribution in [3.63, 3.8) is 0 Å². The van der Waals surface area contributed by atoms with Gasteiger partial charge in [0.25, 0.3) is 0 Å². The molecule has 1 fully saturated rings. The molecule has 0 amide bonds. The summed E-state index contributed by atoms with van der Waals surface area (Å²) < 4.78 is 0. The van der Waals surface area contributed by atoms with Crippen LogP contribution in [0.25, 0.3) is 0 Å². The third-order valence-electron chi connectivity index (χ3n) is 4.37. The van der Waals surface area contributed by atoms with Gasteiger partial charge in [0.2, 0.25) is 0 Å². The molecule has 1 atom stereocenters. The molecule has 2 aromatic rings. The Morgan fingerprint density at radius 1 is 1.26 bits per heavy atom. The van der Waals surface area contributed by atoms with Crippen LogP contribution in [0.3, 0.4) is 0 Å². The Bertz CT molecular complexity index is 653. The van der Waals surface area contributed by atoms with Gasteiger partial charge in [-0.15, -0.1) is 11.3 Å². The maximum Gasteiger partial charge on any atom is 0.138 e. The molecule has 0 spiro atoms. The van der Waals surface area contributed by atoms with Gasteiger partial charge in [-0.2, -0.15) is 0 Å². The number of halogens is 1. The molecular formula is C16H22ClN5S. The van der Waals surface area contributed by atoms with Gasteiger partial charge in [-0.3, -0.25) is 4.90 Å². The zero-order chi connectivity index (χ0) is 16.4. The zero-order valence-electron chi connectivity index (χ0n) is 13.8. The highest BCUT2D eigenvalue weighted by Crippen LogP contribution is 2.28. The fourth-order valence-corrected chi connectivity index (χ4v) is 4.10. The maximum absolute atomic E-state index is 6.31. The van der Waals surface area contributed by atoms with Crippen molar-refractivity contribution in [1.82, 2.24) is 19.9 Å². The molecule has 0 saturated carbocycles. The first kappa shape index (κ1) is 16.6. The third-order valence-corrected chi connectivity index (χ3v) is 5.63. The van der Waals surface area contributed by atoms with Gasteiger partial charge in [0.05, 0.1) is 6.04 Å². The van der Waals surface area contributed by atoms with Crippen LogP contribution < -0.4 is 4.90 Å². The van der Waals surface area contributed by atoms with Gasteiger partial charge in [-0.1, -0.05) is 18.5 Å². The highest BCUT2D eigenvalue weighted by Gasteiger charge is 2.25. The summed E-state index contributed by atoms with van der Waals surface area (Å²) in [6, 6.07) is 0.374. The van der Waals surface area contributed by atoms with Crippen LogP contribution in [0.5, 0.6) is 0 Å². The molecule has 1 aliphatic heterocycles. The molecule has 0 bridgehead atoms. The van der Waals surface area contributed by atoms with Crippen LogP contribution in [0, 0.1) is 6.92 Å². The van der Waals surface area contributed by atoms with E-state index in [1.54, 1.807) is 11.3 Å². The molecule has 3 heterocycles. The summed E-state index contributed by atoms with van der Waals surface area (Å²) in [7, 11) is 0. The maximum atomic E-state index is 6.31. The predicted octanol–water partition coefficient (Wildman–Crippen LogP) is 3.34. The van der Waals surface area contributed by atoms with Gasteiger partial charge in [-0.25, -0.2) is 15.0 Å². The van der Waals surface area contributed by atoms with Gasteiger partial charge < -0.3 is 4.90 Å². The van der Waals surface area contributed by atoms with Crippen molar-refractivity contribution in [2.75, 3.05) is 31.1 Å². The number of hydrogen-bond donors (Lipinski definition) is 0. The van der Waals surface area contributed by atoms with Gasteiger partial charge >= 0.3 is 0 Å². The van der Waals surface area contributed by atoms with Crippen molar-refractivity contribution in [2.24, 2.45) is 0 Å². The Hall–Kier alpha value is -1.24. The normalized spacial score (nSPS) is 17.5. The van der Waals surface area contributed by atoms with Crippen LogP contribution in [-0.2, 0) is 6.42 Å². The Labute approximate surface area is 146 Å². The average molecular weight is 352 g/mol. The monoisotopic (exact) mass is 351 g/mol. The Morgan fingerprint density at radius 2 is 2.00 bits per heavy atom. The van der Waals surface area contributed by atoms with Gasteiger partial charge in [0.15, 0.2) is 0 Å². The van der Waals surface area contributed by atoms with E-state index in [4.69, 9.17) is 11.6 Å². The second-order valence-corrected chi connectivity index (χ2v) is 7.07. The zero-order valence-corrected chi connectivity index (χ0v) is 15.4. The molecule has 7 heteroatoms. The topological polar surface area (TPSA) is 45.2 Å². The molecule has 0 radical (unpaired) electrons. The molecular weight excluding hydrogens is 330 g/mol. The molecule has 1 saturated heterocycles. The fraction of sp³-hybridized carbons (Fsp3) is 0.562. The van der Waals surface area contributed by atoms with Crippen molar-refractivity contribution in [3.05, 3.63) is 33.1 Å². The number of piperazine rings is 1. The van der Waals surface area contributed by atoms with Crippen LogP contribution in [-0.4, -0.2) is 46.0 Å². The molecule has 3 rings (SSSR count). The summed E-state index contributed by atoms with van der Waals surface area (Å²) in [5.41, 5.74) is 1.05. The minimum Gasteiger partial charge on any atom is -0.354 e. The number of aromatic nitrogens is 3. The first-order valence-corrected chi connectivity index (χ1v) is 9.27. The summed E-state index contributed by atoms with van der Waals surface area (Å²) in [6.07, 6.45) is 2.73. The van der Waals surface area contributed by atoms with Crippen LogP contribution in [0.2, 0.25) is 5.15 Å². The number of rotatable bonds is 4. The van der Waals surface area contributed by atoms with Crippen molar-refractivity contribution < 1.29 is 0 Å². The summed E-state index contributed by atoms with van der Waals surface area (Å²) >= 11 is 8.03. The molecule has 0 aromatic carbocycles. The van der Waals surface area contributed by atoms with Gasteiger partial charge in [0.1, 0.15) is 21.8 Å². The smallest absolute Gasteiger partial charge is 0.138 e. The third kappa shape index (κ3) is 3.49. The first-order valence-electron chi connectivity index (χ1n) is 8.01. The Balaban J connectivity index is 1.72. The fourth-order valence-electron chi connectivity index (χ4n) is 3.03. The predicted molar refractivity (Wildman–Crippen MR) is 95.5 cm³/mol. The largest absolute Gasteiger partial charge is 0.354 e. The number of anilines is 1. The molecule has 2 aromatic heterocycles. The van der Waals surface area contributed by atoms with Crippen molar-refractivity contribution in [2.45, 2.75) is 33.2 Å². The SMILES string of the molecule is CCc1c(Cl)nc(C)nc1N1CCN(C(C)c2nccs2)CC1. The molecule has 23 heavy (non-hydrogen) atoms. The van der Waals surface area contributed by atoms with E-state index in [9.17, 15) is 0 Å². The first-order chi connectivity index (χ1) is 11.1. The van der Waals surface area contributed by atoms with E-state index in [0.717, 1.165) is 49.8 Å². The number of aryl methyl sites for hydroxylation is 1. The highest BCUT2D eigenvalue weighted by atomic mass is 35.5. The number of hydrogen-bond acceptors (Lipinski definition) is 6. The summed E-state index contributed by atoms with van der Waals surface area (Å²) in [6.45, 7) is 10.2. The van der Waals surface area contributed by atoms with Gasteiger partial charge in [-0.05, 0) is 20.3 Å². The summed E-state index contributed by atoms with van der Waals surface area (Å²) in [5.74, 6) is 1.74. The minimum atomic E-state index is 0.374. The molecule has 1 aliphatic rings. The van der Waals surface area contributed by atoms with E-state index in [1.165, 1.54) is 5.01 Å². The lowest BCUT2D eigenvalue weighted by Crippen LogP contribution is -2.47. The lowest BCUT2D eigenvalue weighted by atomic mass is 10.2.